The average molecular weight is 235 g/mol. The van der Waals surface area contributed by atoms with E-state index in [4.69, 9.17) is 0 Å². The maximum atomic E-state index is 9.31. The summed E-state index contributed by atoms with van der Waals surface area (Å²) in [5.74, 6) is -0.248. The lowest BCUT2D eigenvalue weighted by atomic mass is 9.82. The van der Waals surface area contributed by atoms with Gasteiger partial charge in [-0.15, -0.1) is 0 Å². The Morgan fingerprint density at radius 1 is 0.944 bits per heavy atom. The van der Waals surface area contributed by atoms with E-state index >= 15 is 0 Å². The molecular formula is C15H13N3. The van der Waals surface area contributed by atoms with Crippen LogP contribution in [-0.4, -0.2) is 0 Å². The lowest BCUT2D eigenvalue weighted by Crippen LogP contribution is -2.23. The Morgan fingerprint density at radius 2 is 1.44 bits per heavy atom. The third-order valence-corrected chi connectivity index (χ3v) is 3.13. The molecular weight excluding hydrogens is 222 g/mol. The van der Waals surface area contributed by atoms with Gasteiger partial charge in [-0.05, 0) is 19.4 Å². The highest BCUT2D eigenvalue weighted by Crippen LogP contribution is 2.36. The molecule has 18 heavy (non-hydrogen) atoms. The molecule has 0 atom stereocenters. The molecule has 0 saturated carbocycles. The molecule has 3 heteroatoms. The van der Waals surface area contributed by atoms with Crippen LogP contribution in [-0.2, 0) is 0 Å². The van der Waals surface area contributed by atoms with Crippen LogP contribution in [0.2, 0.25) is 0 Å². The van der Waals surface area contributed by atoms with Crippen molar-refractivity contribution in [3.8, 4) is 12.1 Å². The first-order valence-electron chi connectivity index (χ1n) is 5.72. The summed E-state index contributed by atoms with van der Waals surface area (Å²) >= 11 is 0. The summed E-state index contributed by atoms with van der Waals surface area (Å²) in [4.78, 5) is 0. The Balaban J connectivity index is 2.62. The van der Waals surface area contributed by atoms with Crippen molar-refractivity contribution in [2.24, 2.45) is 0 Å². The lowest BCUT2D eigenvalue weighted by molar-refractivity contribution is 0.814. The van der Waals surface area contributed by atoms with Crippen molar-refractivity contribution in [1.82, 2.24) is 5.32 Å². The number of dihydropyridines is 1. The van der Waals surface area contributed by atoms with Crippen LogP contribution in [0.4, 0.5) is 0 Å². The first-order valence-corrected chi connectivity index (χ1v) is 5.72. The maximum Gasteiger partial charge on any atom is 0.0975 e. The van der Waals surface area contributed by atoms with E-state index in [1.807, 2.05) is 44.2 Å². The Labute approximate surface area is 107 Å². The van der Waals surface area contributed by atoms with Gasteiger partial charge in [0, 0.05) is 11.4 Å². The fourth-order valence-electron chi connectivity index (χ4n) is 2.27. The van der Waals surface area contributed by atoms with E-state index in [1.165, 1.54) is 0 Å². The molecule has 0 amide bonds. The van der Waals surface area contributed by atoms with Crippen LogP contribution in [0.15, 0.2) is 52.9 Å². The summed E-state index contributed by atoms with van der Waals surface area (Å²) in [5, 5.41) is 21.7. The number of benzene rings is 1. The van der Waals surface area contributed by atoms with Crippen molar-refractivity contribution in [2.45, 2.75) is 19.8 Å². The van der Waals surface area contributed by atoms with E-state index in [0.717, 1.165) is 17.0 Å². The minimum Gasteiger partial charge on any atom is -0.361 e. The van der Waals surface area contributed by atoms with Crippen LogP contribution in [0.25, 0.3) is 0 Å². The smallest absolute Gasteiger partial charge is 0.0975 e. The highest BCUT2D eigenvalue weighted by atomic mass is 14.9. The second-order valence-corrected chi connectivity index (χ2v) is 4.27. The number of rotatable bonds is 1. The van der Waals surface area contributed by atoms with Gasteiger partial charge >= 0.3 is 0 Å². The topological polar surface area (TPSA) is 59.6 Å². The van der Waals surface area contributed by atoms with Gasteiger partial charge in [0.15, 0.2) is 0 Å². The molecule has 0 fully saturated rings. The molecule has 1 aliphatic rings. The largest absolute Gasteiger partial charge is 0.361 e. The highest BCUT2D eigenvalue weighted by Gasteiger charge is 2.28. The van der Waals surface area contributed by atoms with Gasteiger partial charge < -0.3 is 5.32 Å². The Hall–Kier alpha value is -2.52. The van der Waals surface area contributed by atoms with Crippen LogP contribution >= 0.6 is 0 Å². The summed E-state index contributed by atoms with van der Waals surface area (Å²) < 4.78 is 0. The summed E-state index contributed by atoms with van der Waals surface area (Å²) in [6, 6.07) is 14.1. The average Bonchev–Trinajstić information content (AvgIpc) is 2.39. The molecule has 1 aromatic carbocycles. The molecule has 0 spiro atoms. The predicted octanol–water partition coefficient (Wildman–Crippen LogP) is 2.97. The lowest BCUT2D eigenvalue weighted by Gasteiger charge is -2.26. The van der Waals surface area contributed by atoms with Crippen molar-refractivity contribution in [1.29, 1.82) is 10.5 Å². The molecule has 1 heterocycles. The van der Waals surface area contributed by atoms with E-state index in [2.05, 4.69) is 17.5 Å². The number of nitrogens with one attached hydrogen (secondary N) is 1. The Morgan fingerprint density at radius 3 is 1.89 bits per heavy atom. The molecule has 1 aromatic rings. The fraction of sp³-hybridized carbons (Fsp3) is 0.200. The van der Waals surface area contributed by atoms with Gasteiger partial charge in [-0.1, -0.05) is 30.3 Å². The van der Waals surface area contributed by atoms with Crippen molar-refractivity contribution in [3.05, 3.63) is 58.4 Å². The molecule has 0 aliphatic carbocycles. The first kappa shape index (κ1) is 12.0. The van der Waals surface area contributed by atoms with E-state index in [1.54, 1.807) is 0 Å². The zero-order valence-corrected chi connectivity index (χ0v) is 10.4. The Bertz CT molecular complexity index is 573. The zero-order valence-electron chi connectivity index (χ0n) is 10.4. The molecule has 1 aliphatic heterocycles. The minimum atomic E-state index is -0.248. The van der Waals surface area contributed by atoms with Crippen LogP contribution in [0.5, 0.6) is 0 Å². The van der Waals surface area contributed by atoms with Crippen LogP contribution < -0.4 is 5.32 Å². The molecule has 88 valence electrons. The third kappa shape index (κ3) is 1.87. The van der Waals surface area contributed by atoms with Gasteiger partial charge in [0.2, 0.25) is 0 Å². The van der Waals surface area contributed by atoms with Crippen molar-refractivity contribution < 1.29 is 0 Å². The van der Waals surface area contributed by atoms with E-state index in [0.29, 0.717) is 11.1 Å². The maximum absolute atomic E-state index is 9.31. The second kappa shape index (κ2) is 4.77. The zero-order chi connectivity index (χ0) is 13.1. The van der Waals surface area contributed by atoms with Gasteiger partial charge in [-0.2, -0.15) is 10.5 Å². The predicted molar refractivity (Wildman–Crippen MR) is 68.9 cm³/mol. The van der Waals surface area contributed by atoms with Crippen LogP contribution in [0.1, 0.15) is 25.3 Å². The van der Waals surface area contributed by atoms with Crippen LogP contribution in [0, 0.1) is 22.7 Å². The molecule has 3 nitrogen and oxygen atoms in total. The van der Waals surface area contributed by atoms with Crippen molar-refractivity contribution in [2.75, 3.05) is 0 Å². The molecule has 1 N–H and O–H groups in total. The molecule has 0 radical (unpaired) electrons. The van der Waals surface area contributed by atoms with Crippen molar-refractivity contribution in [3.63, 3.8) is 0 Å². The number of nitriles is 2. The Kier molecular flexibility index (Phi) is 3.17. The minimum absolute atomic E-state index is 0.248. The van der Waals surface area contributed by atoms with Crippen molar-refractivity contribution >= 4 is 0 Å². The monoisotopic (exact) mass is 235 g/mol. The van der Waals surface area contributed by atoms with E-state index < -0.39 is 0 Å². The number of hydrogen-bond donors (Lipinski definition) is 1. The number of allylic oxidation sites excluding steroid dienone is 4. The summed E-state index contributed by atoms with van der Waals surface area (Å²) in [7, 11) is 0. The third-order valence-electron chi connectivity index (χ3n) is 3.13. The van der Waals surface area contributed by atoms with Gasteiger partial charge in [0.05, 0.1) is 29.2 Å². The fourth-order valence-corrected chi connectivity index (χ4v) is 2.27. The summed E-state index contributed by atoms with van der Waals surface area (Å²) in [5.41, 5.74) is 3.85. The van der Waals surface area contributed by atoms with E-state index in [-0.39, 0.29) is 5.92 Å². The van der Waals surface area contributed by atoms with Gasteiger partial charge in [-0.3, -0.25) is 0 Å². The molecule has 0 bridgehead atoms. The summed E-state index contributed by atoms with van der Waals surface area (Å²) in [6.07, 6.45) is 0. The quantitative estimate of drug-likeness (QED) is 0.814. The van der Waals surface area contributed by atoms with Crippen LogP contribution in [0.3, 0.4) is 0 Å². The highest BCUT2D eigenvalue weighted by molar-refractivity contribution is 5.54. The van der Waals surface area contributed by atoms with Gasteiger partial charge in [0.1, 0.15) is 0 Å². The number of nitrogens with zero attached hydrogens (tertiary/aromatic N) is 2. The van der Waals surface area contributed by atoms with Gasteiger partial charge in [-0.25, -0.2) is 0 Å². The van der Waals surface area contributed by atoms with Gasteiger partial charge in [0.25, 0.3) is 0 Å². The second-order valence-electron chi connectivity index (χ2n) is 4.27. The molecule has 2 rings (SSSR count). The molecule has 0 unspecified atom stereocenters. The molecule has 0 saturated heterocycles. The number of hydrogen-bond acceptors (Lipinski definition) is 3. The summed E-state index contributed by atoms with van der Waals surface area (Å²) in [6.45, 7) is 3.73. The van der Waals surface area contributed by atoms with E-state index in [9.17, 15) is 10.5 Å². The normalized spacial score (nSPS) is 16.0. The first-order chi connectivity index (χ1) is 8.69. The molecule has 0 aromatic heterocycles. The SMILES string of the molecule is CC1=C(C#N)C(c2ccccc2)C(C#N)=C(C)N1. The standard InChI is InChI=1S/C15H13N3/c1-10-13(8-16)15(12-6-4-3-5-7-12)14(9-17)11(2)18-10/h3-7,15,18H,1-2H3.